The summed E-state index contributed by atoms with van der Waals surface area (Å²) in [4.78, 5) is 26.5. The summed E-state index contributed by atoms with van der Waals surface area (Å²) in [6, 6.07) is 6.28. The first-order chi connectivity index (χ1) is 15.0. The van der Waals surface area contributed by atoms with Crippen LogP contribution >= 0.6 is 0 Å². The predicted molar refractivity (Wildman–Crippen MR) is 117 cm³/mol. The van der Waals surface area contributed by atoms with E-state index < -0.39 is 0 Å². The van der Waals surface area contributed by atoms with Crippen LogP contribution in [0.4, 0.5) is 10.2 Å². The van der Waals surface area contributed by atoms with Crippen molar-refractivity contribution in [1.29, 1.82) is 0 Å². The second kappa shape index (κ2) is 7.90. The van der Waals surface area contributed by atoms with Crippen molar-refractivity contribution in [1.82, 2.24) is 24.6 Å². The van der Waals surface area contributed by atoms with Crippen LogP contribution in [0.25, 0.3) is 16.7 Å². The summed E-state index contributed by atoms with van der Waals surface area (Å²) in [5.41, 5.74) is 2.34. The molecule has 0 spiro atoms. The molecule has 2 aromatic heterocycles. The van der Waals surface area contributed by atoms with Crippen LogP contribution < -0.4 is 4.90 Å². The molecule has 2 aliphatic rings. The SMILES string of the molecule is CCc1nc(N2CCN(C(=O)C3CCC3)CC2)c2c(C)nn(-c3ccc(F)cc3)c2n1. The molecule has 1 amide bonds. The number of rotatable bonds is 4. The predicted octanol–water partition coefficient (Wildman–Crippen LogP) is 3.27. The lowest BCUT2D eigenvalue weighted by Gasteiger charge is -2.38. The van der Waals surface area contributed by atoms with E-state index in [1.54, 1.807) is 16.8 Å². The summed E-state index contributed by atoms with van der Waals surface area (Å²) in [6.07, 6.45) is 3.95. The number of carbonyl (C=O) groups excluding carboxylic acids is 1. The number of benzene rings is 1. The molecule has 1 saturated carbocycles. The van der Waals surface area contributed by atoms with Gasteiger partial charge in [0, 0.05) is 38.5 Å². The highest BCUT2D eigenvalue weighted by Gasteiger charge is 2.32. The normalized spacial score (nSPS) is 17.3. The Bertz CT molecular complexity index is 1110. The molecule has 0 bridgehead atoms. The van der Waals surface area contributed by atoms with E-state index in [4.69, 9.17) is 15.1 Å². The largest absolute Gasteiger partial charge is 0.352 e. The number of carbonyl (C=O) groups is 1. The number of nitrogens with zero attached hydrogens (tertiary/aromatic N) is 6. The van der Waals surface area contributed by atoms with Gasteiger partial charge in [-0.1, -0.05) is 13.3 Å². The Hall–Kier alpha value is -3.03. The van der Waals surface area contributed by atoms with Crippen LogP contribution in [-0.2, 0) is 11.2 Å². The van der Waals surface area contributed by atoms with Crippen LogP contribution in [0, 0.1) is 18.7 Å². The molecule has 31 heavy (non-hydrogen) atoms. The van der Waals surface area contributed by atoms with Gasteiger partial charge in [-0.2, -0.15) is 5.10 Å². The Morgan fingerprint density at radius 3 is 2.42 bits per heavy atom. The molecular formula is C23H27FN6O. The Kier molecular flexibility index (Phi) is 5.08. The zero-order valence-corrected chi connectivity index (χ0v) is 18.0. The van der Waals surface area contributed by atoms with Crippen molar-refractivity contribution in [3.05, 3.63) is 41.6 Å². The van der Waals surface area contributed by atoms with E-state index in [9.17, 15) is 9.18 Å². The fourth-order valence-corrected chi connectivity index (χ4v) is 4.41. The summed E-state index contributed by atoms with van der Waals surface area (Å²) in [5.74, 6) is 1.89. The molecule has 1 aromatic carbocycles. The number of hydrogen-bond donors (Lipinski definition) is 0. The summed E-state index contributed by atoms with van der Waals surface area (Å²) >= 11 is 0. The zero-order valence-electron chi connectivity index (χ0n) is 18.0. The van der Waals surface area contributed by atoms with Crippen molar-refractivity contribution in [2.45, 2.75) is 39.5 Å². The zero-order chi connectivity index (χ0) is 21.5. The van der Waals surface area contributed by atoms with E-state index >= 15 is 0 Å². The molecule has 0 atom stereocenters. The molecule has 0 unspecified atom stereocenters. The van der Waals surface area contributed by atoms with E-state index in [0.717, 1.165) is 60.0 Å². The number of fused-ring (bicyclic) bond motifs is 1. The van der Waals surface area contributed by atoms with Crippen molar-refractivity contribution in [2.75, 3.05) is 31.1 Å². The van der Waals surface area contributed by atoms with Crippen molar-refractivity contribution in [3.8, 4) is 5.69 Å². The van der Waals surface area contributed by atoms with Gasteiger partial charge in [-0.3, -0.25) is 4.79 Å². The van der Waals surface area contributed by atoms with Gasteiger partial charge in [-0.05, 0) is 44.0 Å². The lowest BCUT2D eigenvalue weighted by molar-refractivity contribution is -0.138. The van der Waals surface area contributed by atoms with Crippen LogP contribution in [0.15, 0.2) is 24.3 Å². The minimum absolute atomic E-state index is 0.236. The second-order valence-corrected chi connectivity index (χ2v) is 8.43. The van der Waals surface area contributed by atoms with Gasteiger partial charge in [0.2, 0.25) is 5.91 Å². The van der Waals surface area contributed by atoms with Gasteiger partial charge >= 0.3 is 0 Å². The van der Waals surface area contributed by atoms with Gasteiger partial charge in [-0.25, -0.2) is 19.0 Å². The molecule has 1 aliphatic heterocycles. The third-order valence-electron chi connectivity index (χ3n) is 6.46. The van der Waals surface area contributed by atoms with Crippen LogP contribution in [0.1, 0.15) is 37.7 Å². The molecule has 0 N–H and O–H groups in total. The lowest BCUT2D eigenvalue weighted by atomic mass is 9.84. The van der Waals surface area contributed by atoms with Gasteiger partial charge < -0.3 is 9.80 Å². The first-order valence-electron chi connectivity index (χ1n) is 11.1. The Morgan fingerprint density at radius 1 is 1.10 bits per heavy atom. The number of hydrogen-bond acceptors (Lipinski definition) is 5. The fourth-order valence-electron chi connectivity index (χ4n) is 4.41. The first kappa shape index (κ1) is 19.9. The second-order valence-electron chi connectivity index (χ2n) is 8.43. The minimum Gasteiger partial charge on any atom is -0.352 e. The molecule has 1 aliphatic carbocycles. The molecule has 5 rings (SSSR count). The average Bonchev–Trinajstić information content (AvgIpc) is 3.09. The van der Waals surface area contributed by atoms with Gasteiger partial charge in [0.05, 0.1) is 16.8 Å². The molecule has 0 radical (unpaired) electrons. The van der Waals surface area contributed by atoms with E-state index in [0.29, 0.717) is 25.4 Å². The van der Waals surface area contributed by atoms with Gasteiger partial charge in [0.15, 0.2) is 5.65 Å². The Morgan fingerprint density at radius 2 is 1.81 bits per heavy atom. The highest BCUT2D eigenvalue weighted by Crippen LogP contribution is 2.31. The van der Waals surface area contributed by atoms with Gasteiger partial charge in [0.1, 0.15) is 17.5 Å². The number of anilines is 1. The lowest BCUT2D eigenvalue weighted by Crippen LogP contribution is -2.51. The maximum absolute atomic E-state index is 13.4. The third-order valence-corrected chi connectivity index (χ3v) is 6.46. The quantitative estimate of drug-likeness (QED) is 0.646. The topological polar surface area (TPSA) is 67.2 Å². The summed E-state index contributed by atoms with van der Waals surface area (Å²) in [7, 11) is 0. The molecule has 3 aromatic rings. The Labute approximate surface area is 180 Å². The monoisotopic (exact) mass is 422 g/mol. The number of amides is 1. The summed E-state index contributed by atoms with van der Waals surface area (Å²) in [5, 5.41) is 5.62. The molecular weight excluding hydrogens is 395 g/mol. The average molecular weight is 423 g/mol. The maximum Gasteiger partial charge on any atom is 0.225 e. The molecule has 2 fully saturated rings. The minimum atomic E-state index is -0.282. The summed E-state index contributed by atoms with van der Waals surface area (Å²) in [6.45, 7) is 6.91. The molecule has 7 nitrogen and oxygen atoms in total. The highest BCUT2D eigenvalue weighted by molar-refractivity contribution is 5.91. The highest BCUT2D eigenvalue weighted by atomic mass is 19.1. The summed E-state index contributed by atoms with van der Waals surface area (Å²) < 4.78 is 15.2. The van der Waals surface area contributed by atoms with Crippen LogP contribution in [0.3, 0.4) is 0 Å². The number of aromatic nitrogens is 4. The van der Waals surface area contributed by atoms with E-state index in [1.165, 1.54) is 18.6 Å². The van der Waals surface area contributed by atoms with Crippen LogP contribution in [-0.4, -0.2) is 56.7 Å². The standard InChI is InChI=1S/C23H27FN6O/c1-3-19-25-21(28-11-13-29(14-12-28)23(31)16-5-4-6-16)20-15(2)27-30(22(20)26-19)18-9-7-17(24)8-10-18/h7-10,16H,3-6,11-14H2,1-2H3. The van der Waals surface area contributed by atoms with E-state index in [2.05, 4.69) is 4.90 Å². The number of halogens is 1. The van der Waals surface area contributed by atoms with Crippen LogP contribution in [0.2, 0.25) is 0 Å². The number of aryl methyl sites for hydroxylation is 2. The van der Waals surface area contributed by atoms with Crippen molar-refractivity contribution in [3.63, 3.8) is 0 Å². The van der Waals surface area contributed by atoms with Crippen molar-refractivity contribution in [2.24, 2.45) is 5.92 Å². The molecule has 162 valence electrons. The molecule has 1 saturated heterocycles. The first-order valence-corrected chi connectivity index (χ1v) is 11.1. The van der Waals surface area contributed by atoms with Gasteiger partial charge in [0.25, 0.3) is 0 Å². The Balaban J connectivity index is 1.49. The van der Waals surface area contributed by atoms with E-state index in [-0.39, 0.29) is 11.7 Å². The molecule has 3 heterocycles. The smallest absolute Gasteiger partial charge is 0.225 e. The van der Waals surface area contributed by atoms with Gasteiger partial charge in [-0.15, -0.1) is 0 Å². The van der Waals surface area contributed by atoms with E-state index in [1.807, 2.05) is 18.7 Å². The van der Waals surface area contributed by atoms with Crippen molar-refractivity contribution < 1.29 is 9.18 Å². The van der Waals surface area contributed by atoms with Crippen LogP contribution in [0.5, 0.6) is 0 Å². The number of piperazine rings is 1. The third kappa shape index (κ3) is 3.54. The maximum atomic E-state index is 13.4. The molecule has 8 heteroatoms. The fraction of sp³-hybridized carbons (Fsp3) is 0.478. The van der Waals surface area contributed by atoms with Crippen molar-refractivity contribution >= 4 is 22.8 Å².